The van der Waals surface area contributed by atoms with Crippen molar-refractivity contribution in [1.29, 1.82) is 5.26 Å². The summed E-state index contributed by atoms with van der Waals surface area (Å²) in [5.74, 6) is 0.369. The number of hydrogen-bond acceptors (Lipinski definition) is 6. The predicted molar refractivity (Wildman–Crippen MR) is 164 cm³/mol. The SMILES string of the molecule is CO[C@@H](C[C@@H]1C[C@@H](O[Si](c2ccccc2)(c2ccccc2)C(C)(C)C)C[C@H](CC#N)O1)C[C@H]1O[C@H](C=O)CC[C@@H]1C. The van der Waals surface area contributed by atoms with Gasteiger partial charge in [-0.15, -0.1) is 0 Å². The Morgan fingerprint density at radius 3 is 2.12 bits per heavy atom. The van der Waals surface area contributed by atoms with Crippen molar-refractivity contribution in [3.8, 4) is 6.07 Å². The molecule has 2 aliphatic rings. The molecule has 0 amide bonds. The van der Waals surface area contributed by atoms with Crippen LogP contribution in [0.3, 0.4) is 0 Å². The van der Waals surface area contributed by atoms with Crippen LogP contribution in [0.2, 0.25) is 5.04 Å². The van der Waals surface area contributed by atoms with Gasteiger partial charge in [-0.25, -0.2) is 0 Å². The van der Waals surface area contributed by atoms with Crippen LogP contribution >= 0.6 is 0 Å². The first-order valence-electron chi connectivity index (χ1n) is 15.1. The first-order valence-corrected chi connectivity index (χ1v) is 17.1. The van der Waals surface area contributed by atoms with E-state index in [0.717, 1.165) is 25.5 Å². The molecule has 0 bridgehead atoms. The molecule has 2 aromatic rings. The zero-order valence-electron chi connectivity index (χ0n) is 25.3. The highest BCUT2D eigenvalue weighted by atomic mass is 28.4. The van der Waals surface area contributed by atoms with E-state index in [1.165, 1.54) is 10.4 Å². The third kappa shape index (κ3) is 7.55. The third-order valence-electron chi connectivity index (χ3n) is 8.91. The Labute approximate surface area is 247 Å². The van der Waals surface area contributed by atoms with Crippen LogP contribution in [-0.4, -0.2) is 58.3 Å². The van der Waals surface area contributed by atoms with Gasteiger partial charge in [-0.3, -0.25) is 0 Å². The van der Waals surface area contributed by atoms with E-state index in [-0.39, 0.29) is 41.7 Å². The monoisotopic (exact) mass is 577 g/mol. The van der Waals surface area contributed by atoms with Gasteiger partial charge in [0.2, 0.25) is 0 Å². The van der Waals surface area contributed by atoms with Crippen molar-refractivity contribution >= 4 is 25.0 Å². The third-order valence-corrected chi connectivity index (χ3v) is 14.0. The highest BCUT2D eigenvalue weighted by Gasteiger charge is 2.52. The fraction of sp³-hybridized carbons (Fsp3) is 0.588. The quantitative estimate of drug-likeness (QED) is 0.257. The molecular weight excluding hydrogens is 530 g/mol. The van der Waals surface area contributed by atoms with Crippen LogP contribution in [0.15, 0.2) is 60.7 Å². The van der Waals surface area contributed by atoms with Crippen molar-refractivity contribution in [1.82, 2.24) is 0 Å². The van der Waals surface area contributed by atoms with Crippen LogP contribution in [0.4, 0.5) is 0 Å². The molecule has 2 aromatic carbocycles. The zero-order valence-corrected chi connectivity index (χ0v) is 26.3. The second-order valence-corrected chi connectivity index (χ2v) is 17.1. The minimum absolute atomic E-state index is 0.0217. The molecule has 7 atom stereocenters. The minimum atomic E-state index is -2.75. The summed E-state index contributed by atoms with van der Waals surface area (Å²) in [7, 11) is -1.01. The van der Waals surface area contributed by atoms with Gasteiger partial charge in [0.25, 0.3) is 8.32 Å². The molecule has 0 unspecified atom stereocenters. The molecule has 2 saturated heterocycles. The molecule has 0 aromatic heterocycles. The number of carbonyl (C=O) groups is 1. The first kappa shape index (κ1) is 31.6. The number of carbonyl (C=O) groups excluding carboxylic acids is 1. The number of aldehydes is 1. The van der Waals surface area contributed by atoms with Gasteiger partial charge in [-0.2, -0.15) is 5.26 Å². The van der Waals surface area contributed by atoms with E-state index in [1.54, 1.807) is 7.11 Å². The Kier molecular flexibility index (Phi) is 11.0. The number of rotatable bonds is 11. The summed E-state index contributed by atoms with van der Waals surface area (Å²) in [5, 5.41) is 12.0. The van der Waals surface area contributed by atoms with E-state index in [9.17, 15) is 10.1 Å². The topological polar surface area (TPSA) is 77.8 Å². The molecule has 0 saturated carbocycles. The molecule has 2 heterocycles. The van der Waals surface area contributed by atoms with Crippen LogP contribution in [0.1, 0.15) is 72.6 Å². The van der Waals surface area contributed by atoms with Crippen molar-refractivity contribution in [3.63, 3.8) is 0 Å². The van der Waals surface area contributed by atoms with E-state index in [0.29, 0.717) is 31.6 Å². The van der Waals surface area contributed by atoms with Gasteiger partial charge in [0.15, 0.2) is 0 Å². The smallest absolute Gasteiger partial charge is 0.261 e. The molecule has 0 aliphatic carbocycles. The Morgan fingerprint density at radius 1 is 0.976 bits per heavy atom. The average molecular weight is 578 g/mol. The number of hydrogen-bond donors (Lipinski definition) is 0. The van der Waals surface area contributed by atoms with E-state index in [2.05, 4.69) is 94.4 Å². The standard InChI is InChI=1S/C34H47NO5Si/c1-25-16-17-27(24-36)39-33(25)23-28(37-5)21-29-22-30(20-26(38-29)18-19-35)40-41(34(2,3)4,31-12-8-6-9-13-31)32-14-10-7-11-15-32/h6-15,24-30,33H,16-18,20-23H2,1-5H3/t25-,26-,27-,28-,29+,30-,33+/m0/s1. The number of nitriles is 1. The van der Waals surface area contributed by atoms with Gasteiger partial charge in [-0.1, -0.05) is 88.4 Å². The molecule has 222 valence electrons. The second-order valence-electron chi connectivity index (χ2n) is 12.8. The predicted octanol–water partition coefficient (Wildman–Crippen LogP) is 5.57. The van der Waals surface area contributed by atoms with Crippen LogP contribution < -0.4 is 10.4 Å². The fourth-order valence-corrected chi connectivity index (χ4v) is 11.5. The Bertz CT molecular complexity index is 1090. The molecule has 0 spiro atoms. The van der Waals surface area contributed by atoms with Crippen LogP contribution in [0.5, 0.6) is 0 Å². The summed E-state index contributed by atoms with van der Waals surface area (Å²) in [5.41, 5.74) is 0. The summed E-state index contributed by atoms with van der Waals surface area (Å²) < 4.78 is 26.0. The van der Waals surface area contributed by atoms with Crippen LogP contribution in [0.25, 0.3) is 0 Å². The number of ether oxygens (including phenoxy) is 3. The first-order chi connectivity index (χ1) is 19.7. The zero-order chi connectivity index (χ0) is 29.5. The Hall–Kier alpha value is -2.34. The van der Waals surface area contributed by atoms with E-state index in [1.807, 2.05) is 0 Å². The maximum atomic E-state index is 11.4. The number of benzene rings is 2. The van der Waals surface area contributed by atoms with Crippen LogP contribution in [-0.2, 0) is 23.4 Å². The Balaban J connectivity index is 1.59. The number of nitrogens with zero attached hydrogens (tertiary/aromatic N) is 1. The van der Waals surface area contributed by atoms with E-state index in [4.69, 9.17) is 18.6 Å². The molecule has 2 fully saturated rings. The fourth-order valence-electron chi connectivity index (χ4n) is 6.76. The lowest BCUT2D eigenvalue weighted by atomic mass is 9.88. The van der Waals surface area contributed by atoms with Gasteiger partial charge in [-0.05, 0) is 53.4 Å². The lowest BCUT2D eigenvalue weighted by molar-refractivity contribution is -0.139. The second kappa shape index (κ2) is 14.2. The van der Waals surface area contributed by atoms with Gasteiger partial charge < -0.3 is 23.4 Å². The molecule has 6 nitrogen and oxygen atoms in total. The molecule has 0 N–H and O–H groups in total. The van der Waals surface area contributed by atoms with Crippen molar-refractivity contribution in [2.75, 3.05) is 7.11 Å². The highest BCUT2D eigenvalue weighted by Crippen LogP contribution is 2.40. The maximum absolute atomic E-state index is 11.4. The van der Waals surface area contributed by atoms with Gasteiger partial charge in [0, 0.05) is 13.5 Å². The molecule has 2 aliphatic heterocycles. The van der Waals surface area contributed by atoms with Crippen molar-refractivity contribution in [3.05, 3.63) is 60.7 Å². The molecule has 0 radical (unpaired) electrons. The Morgan fingerprint density at radius 2 is 1.59 bits per heavy atom. The summed E-state index contributed by atoms with van der Waals surface area (Å²) in [6.07, 6.45) is 5.07. The van der Waals surface area contributed by atoms with E-state index >= 15 is 0 Å². The lowest BCUT2D eigenvalue weighted by Gasteiger charge is -2.47. The molecular formula is C34H47NO5Si. The van der Waals surface area contributed by atoms with Gasteiger partial charge >= 0.3 is 0 Å². The summed E-state index contributed by atoms with van der Waals surface area (Å²) in [6.45, 7) is 9.07. The molecule has 41 heavy (non-hydrogen) atoms. The minimum Gasteiger partial charge on any atom is -0.404 e. The number of methoxy groups -OCH3 is 1. The van der Waals surface area contributed by atoms with Crippen LogP contribution in [0, 0.1) is 17.2 Å². The summed E-state index contributed by atoms with van der Waals surface area (Å²) in [6, 6.07) is 23.7. The van der Waals surface area contributed by atoms with Crippen molar-refractivity contribution in [2.45, 2.75) is 114 Å². The maximum Gasteiger partial charge on any atom is 0.261 e. The van der Waals surface area contributed by atoms with Gasteiger partial charge in [0.1, 0.15) is 12.4 Å². The summed E-state index contributed by atoms with van der Waals surface area (Å²) >= 11 is 0. The molecule has 7 heteroatoms. The van der Waals surface area contributed by atoms with Gasteiger partial charge in [0.05, 0.1) is 43.0 Å². The van der Waals surface area contributed by atoms with Crippen molar-refractivity contribution < 1.29 is 23.4 Å². The highest BCUT2D eigenvalue weighted by molar-refractivity contribution is 6.99. The average Bonchev–Trinajstić information content (AvgIpc) is 2.97. The van der Waals surface area contributed by atoms with E-state index < -0.39 is 8.32 Å². The summed E-state index contributed by atoms with van der Waals surface area (Å²) in [4.78, 5) is 11.4. The lowest BCUT2D eigenvalue weighted by Crippen LogP contribution is -2.68. The largest absolute Gasteiger partial charge is 0.404 e. The normalized spacial score (nSPS) is 28.0. The molecule has 4 rings (SSSR count). The van der Waals surface area contributed by atoms with Crippen molar-refractivity contribution in [2.24, 2.45) is 5.92 Å².